The summed E-state index contributed by atoms with van der Waals surface area (Å²) in [6, 6.07) is 8.18. The van der Waals surface area contributed by atoms with Crippen LogP contribution in [0.3, 0.4) is 0 Å². The van der Waals surface area contributed by atoms with Gasteiger partial charge in [0.1, 0.15) is 14.7 Å². The molecule has 0 unspecified atom stereocenters. The van der Waals surface area contributed by atoms with Gasteiger partial charge in [-0.15, -0.1) is 0 Å². The van der Waals surface area contributed by atoms with Gasteiger partial charge < -0.3 is 0 Å². The summed E-state index contributed by atoms with van der Waals surface area (Å²) in [6.45, 7) is 0. The molecule has 0 saturated carbocycles. The summed E-state index contributed by atoms with van der Waals surface area (Å²) in [5.41, 5.74) is 0. The van der Waals surface area contributed by atoms with Crippen LogP contribution < -0.4 is 0 Å². The van der Waals surface area contributed by atoms with Crippen LogP contribution in [0.25, 0.3) is 32.3 Å². The molecule has 0 bridgehead atoms. The van der Waals surface area contributed by atoms with Crippen molar-refractivity contribution in [3.8, 4) is 0 Å². The van der Waals surface area contributed by atoms with E-state index in [-0.39, 0.29) is 56.5 Å². The van der Waals surface area contributed by atoms with Gasteiger partial charge in [-0.3, -0.25) is 13.7 Å². The third-order valence-electron chi connectivity index (χ3n) is 4.50. The van der Waals surface area contributed by atoms with Crippen molar-refractivity contribution in [3.63, 3.8) is 0 Å². The Balaban J connectivity index is 0.00000240. The molecule has 0 amide bonds. The first-order chi connectivity index (χ1) is 12.8. The molecule has 0 aliphatic carbocycles. The summed E-state index contributed by atoms with van der Waals surface area (Å²) in [5, 5.41) is 0.210. The van der Waals surface area contributed by atoms with E-state index in [0.29, 0.717) is 5.39 Å². The van der Waals surface area contributed by atoms with Gasteiger partial charge in [0.05, 0.1) is 0 Å². The van der Waals surface area contributed by atoms with Gasteiger partial charge >= 0.3 is 29.6 Å². The molecule has 4 rings (SSSR count). The van der Waals surface area contributed by atoms with Gasteiger partial charge in [0.2, 0.25) is 0 Å². The SMILES string of the molecule is O=S(=O)(O)c1ccc2ccc3c(S(=O)(=O)O)ccc4c(S(=O)(=O)O)cc1c2c34.[NaH]. The minimum atomic E-state index is -4.85. The standard InChI is InChI=1S/C16H10O9S3.Na.H/c17-26(18,19)12-6-4-10-14(28(23,24)25)7-11-13(27(20,21)22)5-2-8-1-3-9(12)16(10)15(8)11;;/h1-7H,(H,17,18,19)(H,20,21,22)(H,23,24,25);;. The van der Waals surface area contributed by atoms with Crippen LogP contribution >= 0.6 is 0 Å². The molecule has 0 aliphatic rings. The predicted octanol–water partition coefficient (Wildman–Crippen LogP) is 1.68. The van der Waals surface area contributed by atoms with E-state index in [1.807, 2.05) is 0 Å². The van der Waals surface area contributed by atoms with Crippen molar-refractivity contribution in [1.29, 1.82) is 0 Å². The average Bonchev–Trinajstić information content (AvgIpc) is 2.55. The van der Waals surface area contributed by atoms with Gasteiger partial charge in [-0.2, -0.15) is 25.3 Å². The van der Waals surface area contributed by atoms with Crippen molar-refractivity contribution >= 4 is 92.2 Å². The third-order valence-corrected chi connectivity index (χ3v) is 7.21. The molecular weight excluding hydrogens is 455 g/mol. The molecule has 0 aromatic heterocycles. The monoisotopic (exact) mass is 466 g/mol. The molecule has 9 nitrogen and oxygen atoms in total. The maximum atomic E-state index is 11.9. The summed E-state index contributed by atoms with van der Waals surface area (Å²) in [4.78, 5) is -1.81. The first-order valence-electron chi connectivity index (χ1n) is 7.47. The Morgan fingerprint density at radius 3 is 1.48 bits per heavy atom. The quantitative estimate of drug-likeness (QED) is 0.231. The molecule has 0 heterocycles. The summed E-state index contributed by atoms with van der Waals surface area (Å²) in [5.74, 6) is 0. The van der Waals surface area contributed by atoms with E-state index < -0.39 is 45.0 Å². The van der Waals surface area contributed by atoms with Gasteiger partial charge in [-0.25, -0.2) is 0 Å². The second kappa shape index (κ2) is 6.83. The van der Waals surface area contributed by atoms with Crippen LogP contribution in [0.15, 0.2) is 57.2 Å². The van der Waals surface area contributed by atoms with Crippen LogP contribution in [0.1, 0.15) is 0 Å². The van der Waals surface area contributed by atoms with E-state index in [0.717, 1.165) is 24.3 Å². The van der Waals surface area contributed by atoms with Crippen LogP contribution in [0.2, 0.25) is 0 Å². The van der Waals surface area contributed by atoms with Crippen LogP contribution in [-0.4, -0.2) is 68.5 Å². The topological polar surface area (TPSA) is 163 Å². The Morgan fingerprint density at radius 1 is 0.517 bits per heavy atom. The van der Waals surface area contributed by atoms with Gasteiger partial charge in [0.25, 0.3) is 30.4 Å². The van der Waals surface area contributed by atoms with E-state index in [1.165, 1.54) is 18.2 Å². The van der Waals surface area contributed by atoms with E-state index >= 15 is 0 Å². The minimum absolute atomic E-state index is 0. The zero-order valence-electron chi connectivity index (χ0n) is 13.6. The summed E-state index contributed by atoms with van der Waals surface area (Å²) in [6.07, 6.45) is 0. The average molecular weight is 466 g/mol. The van der Waals surface area contributed by atoms with E-state index in [4.69, 9.17) is 0 Å². The molecule has 4 aromatic rings. The first kappa shape index (κ1) is 22.3. The van der Waals surface area contributed by atoms with Crippen molar-refractivity contribution in [2.24, 2.45) is 0 Å². The Morgan fingerprint density at radius 2 is 0.931 bits per heavy atom. The molecule has 29 heavy (non-hydrogen) atoms. The number of rotatable bonds is 3. The molecule has 3 N–H and O–H groups in total. The molecule has 4 aromatic carbocycles. The molecular formula is C16H11NaO9S3. The molecule has 0 radical (unpaired) electrons. The molecule has 148 valence electrons. The van der Waals surface area contributed by atoms with Crippen molar-refractivity contribution in [3.05, 3.63) is 42.5 Å². The Bertz CT molecular complexity index is 1620. The van der Waals surface area contributed by atoms with Crippen molar-refractivity contribution < 1.29 is 38.9 Å². The second-order valence-electron chi connectivity index (χ2n) is 6.11. The van der Waals surface area contributed by atoms with E-state index in [9.17, 15) is 38.9 Å². The van der Waals surface area contributed by atoms with Crippen LogP contribution in [0.4, 0.5) is 0 Å². The summed E-state index contributed by atoms with van der Waals surface area (Å²) in [7, 11) is -14.3. The van der Waals surface area contributed by atoms with Crippen LogP contribution in [0.5, 0.6) is 0 Å². The van der Waals surface area contributed by atoms with Crippen LogP contribution in [-0.2, 0) is 30.4 Å². The van der Waals surface area contributed by atoms with Gasteiger partial charge in [0.15, 0.2) is 0 Å². The van der Waals surface area contributed by atoms with Gasteiger partial charge in [-0.1, -0.05) is 24.3 Å². The fourth-order valence-electron chi connectivity index (χ4n) is 3.46. The fourth-order valence-corrected chi connectivity index (χ4v) is 5.55. The predicted molar refractivity (Wildman–Crippen MR) is 107 cm³/mol. The first-order valence-corrected chi connectivity index (χ1v) is 11.8. The fraction of sp³-hybridized carbons (Fsp3) is 0. The zero-order chi connectivity index (χ0) is 20.6. The van der Waals surface area contributed by atoms with E-state index in [2.05, 4.69) is 0 Å². The third kappa shape index (κ3) is 3.54. The molecule has 0 fully saturated rings. The van der Waals surface area contributed by atoms with Crippen LogP contribution in [0, 0.1) is 0 Å². The number of hydrogen-bond acceptors (Lipinski definition) is 6. The molecule has 13 heteroatoms. The Hall–Kier alpha value is -1.35. The maximum absolute atomic E-state index is 11.9. The molecule has 0 aliphatic heterocycles. The normalized spacial score (nSPS) is 13.2. The number of hydrogen-bond donors (Lipinski definition) is 3. The molecule has 0 atom stereocenters. The van der Waals surface area contributed by atoms with Gasteiger partial charge in [-0.05, 0) is 29.0 Å². The summed E-state index contributed by atoms with van der Waals surface area (Å²) < 4.78 is 99.5. The zero-order valence-corrected chi connectivity index (χ0v) is 16.0. The summed E-state index contributed by atoms with van der Waals surface area (Å²) >= 11 is 0. The van der Waals surface area contributed by atoms with Gasteiger partial charge in [0, 0.05) is 21.5 Å². The molecule has 0 spiro atoms. The van der Waals surface area contributed by atoms with Crippen molar-refractivity contribution in [1.82, 2.24) is 0 Å². The van der Waals surface area contributed by atoms with E-state index in [1.54, 1.807) is 0 Å². The molecule has 0 saturated heterocycles. The Labute approximate surface area is 187 Å². The second-order valence-corrected chi connectivity index (χ2v) is 10.3. The Kier molecular flexibility index (Phi) is 5.26. The van der Waals surface area contributed by atoms with Crippen molar-refractivity contribution in [2.45, 2.75) is 14.7 Å². The number of benzene rings is 4. The van der Waals surface area contributed by atoms with Crippen molar-refractivity contribution in [2.75, 3.05) is 0 Å².